The van der Waals surface area contributed by atoms with Crippen LogP contribution < -0.4 is 5.32 Å². The summed E-state index contributed by atoms with van der Waals surface area (Å²) in [7, 11) is 0. The van der Waals surface area contributed by atoms with Crippen molar-refractivity contribution in [1.82, 2.24) is 5.32 Å². The van der Waals surface area contributed by atoms with E-state index in [2.05, 4.69) is 12.2 Å². The summed E-state index contributed by atoms with van der Waals surface area (Å²) in [6.45, 7) is 3.68. The van der Waals surface area contributed by atoms with Crippen molar-refractivity contribution < 1.29 is 5.11 Å². The third-order valence-corrected chi connectivity index (χ3v) is 3.27. The van der Waals surface area contributed by atoms with Crippen LogP contribution in [0.25, 0.3) is 0 Å². The molecule has 2 heteroatoms. The lowest BCUT2D eigenvalue weighted by Gasteiger charge is -2.15. The Kier molecular flexibility index (Phi) is 7.03. The molecule has 1 rings (SSSR count). The van der Waals surface area contributed by atoms with Gasteiger partial charge in [-0.05, 0) is 31.7 Å². The highest BCUT2D eigenvalue weighted by Gasteiger charge is 2.21. The fraction of sp³-hybridized carbons (Fsp3) is 1.00. The van der Waals surface area contributed by atoms with Gasteiger partial charge in [0.15, 0.2) is 0 Å². The van der Waals surface area contributed by atoms with Crippen molar-refractivity contribution in [2.75, 3.05) is 13.2 Å². The number of aliphatic hydroxyl groups excluding tert-OH is 1. The fourth-order valence-electron chi connectivity index (χ4n) is 1.91. The van der Waals surface area contributed by atoms with Gasteiger partial charge in [0.1, 0.15) is 0 Å². The molecule has 0 aliphatic heterocycles. The summed E-state index contributed by atoms with van der Waals surface area (Å²) in [6.07, 6.45) is 10.6. The van der Waals surface area contributed by atoms with Crippen molar-refractivity contribution in [2.45, 2.75) is 64.3 Å². The van der Waals surface area contributed by atoms with E-state index in [1.54, 1.807) is 0 Å². The lowest BCUT2D eigenvalue weighted by Crippen LogP contribution is -2.33. The van der Waals surface area contributed by atoms with Crippen LogP contribution >= 0.6 is 0 Å². The van der Waals surface area contributed by atoms with Gasteiger partial charge in [0.05, 0.1) is 6.61 Å². The zero-order chi connectivity index (χ0) is 10.9. The molecule has 0 aromatic rings. The van der Waals surface area contributed by atoms with Crippen LogP contribution in [-0.2, 0) is 0 Å². The second-order valence-electron chi connectivity index (χ2n) is 4.93. The van der Waals surface area contributed by atoms with E-state index >= 15 is 0 Å². The predicted octanol–water partition coefficient (Wildman–Crippen LogP) is 2.71. The molecule has 0 aromatic heterocycles. The van der Waals surface area contributed by atoms with Gasteiger partial charge < -0.3 is 10.4 Å². The van der Waals surface area contributed by atoms with Gasteiger partial charge in [-0.1, -0.05) is 39.0 Å². The Morgan fingerprint density at radius 1 is 1.20 bits per heavy atom. The minimum Gasteiger partial charge on any atom is -0.395 e. The first-order valence-corrected chi connectivity index (χ1v) is 6.71. The third-order valence-electron chi connectivity index (χ3n) is 3.27. The van der Waals surface area contributed by atoms with E-state index in [4.69, 9.17) is 0 Å². The van der Waals surface area contributed by atoms with Crippen LogP contribution in [0.2, 0.25) is 0 Å². The topological polar surface area (TPSA) is 32.3 Å². The van der Waals surface area contributed by atoms with E-state index in [1.165, 1.54) is 44.9 Å². The lowest BCUT2D eigenvalue weighted by molar-refractivity contribution is 0.231. The van der Waals surface area contributed by atoms with Crippen molar-refractivity contribution in [1.29, 1.82) is 0 Å². The zero-order valence-corrected chi connectivity index (χ0v) is 10.2. The number of unbranched alkanes of at least 4 members (excludes halogenated alkanes) is 4. The second-order valence-corrected chi connectivity index (χ2v) is 4.93. The second kappa shape index (κ2) is 8.12. The molecule has 1 atom stereocenters. The summed E-state index contributed by atoms with van der Waals surface area (Å²) in [4.78, 5) is 0. The van der Waals surface area contributed by atoms with E-state index < -0.39 is 0 Å². The molecule has 1 aliphatic carbocycles. The quantitative estimate of drug-likeness (QED) is 0.547. The maximum atomic E-state index is 9.20. The zero-order valence-electron chi connectivity index (χ0n) is 10.2. The van der Waals surface area contributed by atoms with E-state index in [1.807, 2.05) is 0 Å². The molecule has 0 heterocycles. The molecular formula is C13H27NO. The van der Waals surface area contributed by atoms with E-state index in [9.17, 15) is 5.11 Å². The molecule has 1 unspecified atom stereocenters. The molecular weight excluding hydrogens is 186 g/mol. The molecule has 1 fully saturated rings. The smallest absolute Gasteiger partial charge is 0.0584 e. The van der Waals surface area contributed by atoms with Crippen LogP contribution in [0, 0.1) is 5.92 Å². The van der Waals surface area contributed by atoms with Gasteiger partial charge in [-0.15, -0.1) is 0 Å². The first kappa shape index (κ1) is 13.0. The first-order chi connectivity index (χ1) is 7.36. The maximum absolute atomic E-state index is 9.20. The molecule has 0 radical (unpaired) electrons. The summed E-state index contributed by atoms with van der Waals surface area (Å²) in [5.74, 6) is 0.916. The summed E-state index contributed by atoms with van der Waals surface area (Å²) in [5.41, 5.74) is 0. The molecule has 0 amide bonds. The minimum atomic E-state index is 0.306. The Labute approximate surface area is 94.5 Å². The van der Waals surface area contributed by atoms with Gasteiger partial charge in [0.2, 0.25) is 0 Å². The molecule has 0 spiro atoms. The van der Waals surface area contributed by atoms with Crippen molar-refractivity contribution in [3.8, 4) is 0 Å². The van der Waals surface area contributed by atoms with E-state index in [-0.39, 0.29) is 0 Å². The minimum absolute atomic E-state index is 0.306. The van der Waals surface area contributed by atoms with Gasteiger partial charge in [0.25, 0.3) is 0 Å². The number of hydrogen-bond donors (Lipinski definition) is 2. The van der Waals surface area contributed by atoms with Gasteiger partial charge in [0, 0.05) is 6.04 Å². The van der Waals surface area contributed by atoms with Crippen LogP contribution in [0.5, 0.6) is 0 Å². The van der Waals surface area contributed by atoms with Crippen LogP contribution in [0.3, 0.4) is 0 Å². The molecule has 90 valence electrons. The highest BCUT2D eigenvalue weighted by atomic mass is 16.3. The number of nitrogens with one attached hydrogen (secondary N) is 1. The molecule has 1 saturated carbocycles. The molecule has 0 bridgehead atoms. The molecule has 15 heavy (non-hydrogen) atoms. The van der Waals surface area contributed by atoms with Gasteiger partial charge in [-0.3, -0.25) is 0 Å². The summed E-state index contributed by atoms with van der Waals surface area (Å²) < 4.78 is 0. The van der Waals surface area contributed by atoms with Crippen molar-refractivity contribution in [3.63, 3.8) is 0 Å². The average Bonchev–Trinajstić information content (AvgIpc) is 3.06. The molecule has 2 nitrogen and oxygen atoms in total. The Hall–Kier alpha value is -0.0800. The molecule has 2 N–H and O–H groups in total. The predicted molar refractivity (Wildman–Crippen MR) is 65.0 cm³/mol. The largest absolute Gasteiger partial charge is 0.395 e. The van der Waals surface area contributed by atoms with Crippen LogP contribution in [0.1, 0.15) is 58.3 Å². The van der Waals surface area contributed by atoms with Crippen molar-refractivity contribution in [2.24, 2.45) is 5.92 Å². The first-order valence-electron chi connectivity index (χ1n) is 6.71. The SMILES string of the molecule is CCCCCCCC(CO)NCC1CC1. The normalized spacial score (nSPS) is 18.0. The summed E-state index contributed by atoms with van der Waals surface area (Å²) in [6, 6.07) is 0.354. The monoisotopic (exact) mass is 213 g/mol. The van der Waals surface area contributed by atoms with Gasteiger partial charge >= 0.3 is 0 Å². The molecule has 0 saturated heterocycles. The molecule has 0 aromatic carbocycles. The van der Waals surface area contributed by atoms with Crippen LogP contribution in [0.15, 0.2) is 0 Å². The Morgan fingerprint density at radius 3 is 2.53 bits per heavy atom. The molecule has 1 aliphatic rings. The van der Waals surface area contributed by atoms with Crippen molar-refractivity contribution in [3.05, 3.63) is 0 Å². The van der Waals surface area contributed by atoms with E-state index in [0.29, 0.717) is 12.6 Å². The highest BCUT2D eigenvalue weighted by molar-refractivity contribution is 4.77. The highest BCUT2D eigenvalue weighted by Crippen LogP contribution is 2.27. The maximum Gasteiger partial charge on any atom is 0.0584 e. The number of aliphatic hydroxyl groups is 1. The Bertz CT molecular complexity index is 145. The number of rotatable bonds is 10. The van der Waals surface area contributed by atoms with Gasteiger partial charge in [-0.2, -0.15) is 0 Å². The fourth-order valence-corrected chi connectivity index (χ4v) is 1.91. The number of hydrogen-bond acceptors (Lipinski definition) is 2. The average molecular weight is 213 g/mol. The Morgan fingerprint density at radius 2 is 1.93 bits per heavy atom. The standard InChI is InChI=1S/C13H27NO/c1-2-3-4-5-6-7-13(11-15)14-10-12-8-9-12/h12-15H,2-11H2,1H3. The van der Waals surface area contributed by atoms with Crippen LogP contribution in [-0.4, -0.2) is 24.3 Å². The third kappa shape index (κ3) is 6.91. The van der Waals surface area contributed by atoms with Gasteiger partial charge in [-0.25, -0.2) is 0 Å². The Balaban J connectivity index is 1.90. The summed E-state index contributed by atoms with van der Waals surface area (Å²) >= 11 is 0. The van der Waals surface area contributed by atoms with E-state index in [0.717, 1.165) is 18.9 Å². The van der Waals surface area contributed by atoms with Crippen LogP contribution in [0.4, 0.5) is 0 Å². The lowest BCUT2D eigenvalue weighted by atomic mass is 10.1. The van der Waals surface area contributed by atoms with Crippen molar-refractivity contribution >= 4 is 0 Å². The summed E-state index contributed by atoms with van der Waals surface area (Å²) in [5, 5.41) is 12.7.